The van der Waals surface area contributed by atoms with Crippen LogP contribution < -0.4 is 0 Å². The first-order chi connectivity index (χ1) is 8.35. The van der Waals surface area contributed by atoms with E-state index in [1.807, 2.05) is 6.08 Å². The first-order valence-electron chi connectivity index (χ1n) is 6.12. The topological polar surface area (TPSA) is 0 Å². The average Bonchev–Trinajstić information content (AvgIpc) is 2.40. The van der Waals surface area contributed by atoms with Gasteiger partial charge >= 0.3 is 0 Å². The maximum absolute atomic E-state index is 3.88. The molecule has 0 fully saturated rings. The molecule has 86 valence electrons. The van der Waals surface area contributed by atoms with Gasteiger partial charge in [0.15, 0.2) is 0 Å². The summed E-state index contributed by atoms with van der Waals surface area (Å²) < 4.78 is 0. The third kappa shape index (κ3) is 2.65. The van der Waals surface area contributed by atoms with Crippen LogP contribution in [0.15, 0.2) is 55.1 Å². The summed E-state index contributed by atoms with van der Waals surface area (Å²) in [4.78, 5) is 0. The lowest BCUT2D eigenvalue weighted by Crippen LogP contribution is -1.96. The zero-order chi connectivity index (χ0) is 12.1. The highest BCUT2D eigenvalue weighted by Crippen LogP contribution is 2.18. The molecule has 0 aliphatic heterocycles. The van der Waals surface area contributed by atoms with Crippen molar-refractivity contribution in [3.05, 3.63) is 77.4 Å². The molecule has 0 saturated carbocycles. The van der Waals surface area contributed by atoms with Gasteiger partial charge < -0.3 is 0 Å². The van der Waals surface area contributed by atoms with E-state index in [9.17, 15) is 0 Å². The van der Waals surface area contributed by atoms with E-state index < -0.39 is 0 Å². The van der Waals surface area contributed by atoms with Crippen molar-refractivity contribution in [1.29, 1.82) is 0 Å². The van der Waals surface area contributed by atoms with Crippen molar-refractivity contribution < 1.29 is 0 Å². The van der Waals surface area contributed by atoms with Crippen LogP contribution in [-0.4, -0.2) is 0 Å². The molecule has 0 bridgehead atoms. The molecule has 2 aromatic carbocycles. The van der Waals surface area contributed by atoms with Crippen LogP contribution in [0.4, 0.5) is 0 Å². The summed E-state index contributed by atoms with van der Waals surface area (Å²) in [7, 11) is 0. The van der Waals surface area contributed by atoms with Crippen molar-refractivity contribution in [2.24, 2.45) is 0 Å². The second-order valence-electron chi connectivity index (χ2n) is 4.20. The van der Waals surface area contributed by atoms with E-state index in [-0.39, 0.29) is 0 Å². The van der Waals surface area contributed by atoms with Crippen molar-refractivity contribution in [3.8, 4) is 0 Å². The van der Waals surface area contributed by atoms with Gasteiger partial charge in [0.2, 0.25) is 0 Å². The Balaban J connectivity index is 2.34. The van der Waals surface area contributed by atoms with Crippen LogP contribution in [0.2, 0.25) is 0 Å². The lowest BCUT2D eigenvalue weighted by molar-refractivity contribution is 1.06. The standard InChI is InChI=1S/C17H18/c1-3-14-9-5-7-11-16(14)13-17-12-8-6-10-15(17)4-2/h3,5-12H,1,4,13H2,2H3. The van der Waals surface area contributed by atoms with Gasteiger partial charge in [0.05, 0.1) is 0 Å². The van der Waals surface area contributed by atoms with Crippen molar-refractivity contribution >= 4 is 6.08 Å². The van der Waals surface area contributed by atoms with E-state index in [1.165, 1.54) is 22.3 Å². The van der Waals surface area contributed by atoms with Gasteiger partial charge in [0, 0.05) is 0 Å². The minimum absolute atomic E-state index is 0.992. The van der Waals surface area contributed by atoms with Gasteiger partial charge in [-0.3, -0.25) is 0 Å². The van der Waals surface area contributed by atoms with Crippen LogP contribution in [0.1, 0.15) is 29.2 Å². The third-order valence-electron chi connectivity index (χ3n) is 3.16. The Kier molecular flexibility index (Phi) is 3.77. The molecule has 17 heavy (non-hydrogen) atoms. The molecule has 2 aromatic rings. The maximum atomic E-state index is 3.88. The molecule has 0 radical (unpaired) electrons. The number of hydrogen-bond donors (Lipinski definition) is 0. The Labute approximate surface area is 104 Å². The van der Waals surface area contributed by atoms with Crippen LogP contribution in [0.5, 0.6) is 0 Å². The van der Waals surface area contributed by atoms with E-state index >= 15 is 0 Å². The van der Waals surface area contributed by atoms with Gasteiger partial charge in [0.1, 0.15) is 0 Å². The number of aryl methyl sites for hydroxylation is 1. The largest absolute Gasteiger partial charge is 0.0985 e. The van der Waals surface area contributed by atoms with Crippen LogP contribution in [-0.2, 0) is 12.8 Å². The second-order valence-corrected chi connectivity index (χ2v) is 4.20. The minimum atomic E-state index is 0.992. The summed E-state index contributed by atoms with van der Waals surface area (Å²) in [6, 6.07) is 17.1. The summed E-state index contributed by atoms with van der Waals surface area (Å²) in [6.07, 6.45) is 4.02. The molecular weight excluding hydrogens is 204 g/mol. The summed E-state index contributed by atoms with van der Waals surface area (Å²) in [6.45, 7) is 6.08. The third-order valence-corrected chi connectivity index (χ3v) is 3.16. The fourth-order valence-electron chi connectivity index (χ4n) is 2.17. The van der Waals surface area contributed by atoms with E-state index in [0.29, 0.717) is 0 Å². The van der Waals surface area contributed by atoms with Crippen molar-refractivity contribution in [3.63, 3.8) is 0 Å². The molecular formula is C17H18. The van der Waals surface area contributed by atoms with Gasteiger partial charge in [-0.25, -0.2) is 0 Å². The van der Waals surface area contributed by atoms with E-state index in [2.05, 4.69) is 62.0 Å². The quantitative estimate of drug-likeness (QED) is 0.715. The highest BCUT2D eigenvalue weighted by atomic mass is 14.1. The zero-order valence-electron chi connectivity index (χ0n) is 10.3. The van der Waals surface area contributed by atoms with E-state index in [4.69, 9.17) is 0 Å². The average molecular weight is 222 g/mol. The number of rotatable bonds is 4. The summed E-state index contributed by atoms with van der Waals surface area (Å²) in [5.74, 6) is 0. The molecule has 0 nitrogen and oxygen atoms in total. The monoisotopic (exact) mass is 222 g/mol. The van der Waals surface area contributed by atoms with Crippen LogP contribution >= 0.6 is 0 Å². The lowest BCUT2D eigenvalue weighted by atomic mass is 9.95. The number of benzene rings is 2. The Morgan fingerprint density at radius 1 is 0.882 bits per heavy atom. The van der Waals surface area contributed by atoms with Gasteiger partial charge in [-0.2, -0.15) is 0 Å². The van der Waals surface area contributed by atoms with Crippen LogP contribution in [0.3, 0.4) is 0 Å². The Morgan fingerprint density at radius 2 is 1.47 bits per heavy atom. The summed E-state index contributed by atoms with van der Waals surface area (Å²) in [5.41, 5.74) is 5.44. The van der Waals surface area contributed by atoms with Crippen LogP contribution in [0, 0.1) is 0 Å². The molecule has 0 atom stereocenters. The molecule has 0 aromatic heterocycles. The summed E-state index contributed by atoms with van der Waals surface area (Å²) >= 11 is 0. The fourth-order valence-corrected chi connectivity index (χ4v) is 2.17. The zero-order valence-corrected chi connectivity index (χ0v) is 10.3. The Hall–Kier alpha value is -1.82. The molecule has 0 heterocycles. The molecule has 0 saturated heterocycles. The second kappa shape index (κ2) is 5.49. The predicted molar refractivity (Wildman–Crippen MR) is 75.2 cm³/mol. The molecule has 0 heteroatoms. The highest BCUT2D eigenvalue weighted by molar-refractivity contribution is 5.53. The Morgan fingerprint density at radius 3 is 2.12 bits per heavy atom. The van der Waals surface area contributed by atoms with Crippen molar-refractivity contribution in [1.82, 2.24) is 0 Å². The van der Waals surface area contributed by atoms with Gasteiger partial charge in [0.25, 0.3) is 0 Å². The first-order valence-corrected chi connectivity index (χ1v) is 6.12. The normalized spacial score (nSPS) is 10.2. The minimum Gasteiger partial charge on any atom is -0.0985 e. The maximum Gasteiger partial charge on any atom is -0.00171 e. The first kappa shape index (κ1) is 11.7. The van der Waals surface area contributed by atoms with Gasteiger partial charge in [-0.05, 0) is 35.1 Å². The van der Waals surface area contributed by atoms with E-state index in [1.54, 1.807) is 0 Å². The molecule has 0 spiro atoms. The number of hydrogen-bond acceptors (Lipinski definition) is 0. The highest BCUT2D eigenvalue weighted by Gasteiger charge is 2.03. The van der Waals surface area contributed by atoms with Crippen molar-refractivity contribution in [2.75, 3.05) is 0 Å². The molecule has 0 N–H and O–H groups in total. The molecule has 0 unspecified atom stereocenters. The van der Waals surface area contributed by atoms with Crippen molar-refractivity contribution in [2.45, 2.75) is 19.8 Å². The SMILES string of the molecule is C=Cc1ccccc1Cc1ccccc1CC. The predicted octanol–water partition coefficient (Wildman–Crippen LogP) is 4.48. The molecule has 0 aliphatic rings. The van der Waals surface area contributed by atoms with Gasteiger partial charge in [-0.1, -0.05) is 68.1 Å². The lowest BCUT2D eigenvalue weighted by Gasteiger charge is -2.10. The smallest absolute Gasteiger partial charge is 0.00171 e. The molecule has 0 amide bonds. The Bertz CT molecular complexity index is 509. The molecule has 0 aliphatic carbocycles. The fraction of sp³-hybridized carbons (Fsp3) is 0.176. The van der Waals surface area contributed by atoms with Crippen LogP contribution in [0.25, 0.3) is 6.08 Å². The summed E-state index contributed by atoms with van der Waals surface area (Å²) in [5, 5.41) is 0. The van der Waals surface area contributed by atoms with E-state index in [0.717, 1.165) is 12.8 Å². The van der Waals surface area contributed by atoms with Gasteiger partial charge in [-0.15, -0.1) is 0 Å². The molecule has 2 rings (SSSR count).